The molecule has 0 heterocycles. The van der Waals surface area contributed by atoms with Crippen molar-refractivity contribution in [2.24, 2.45) is 5.16 Å². The van der Waals surface area contributed by atoms with Crippen molar-refractivity contribution in [1.29, 1.82) is 0 Å². The maximum atomic E-state index is 8.90. The number of rotatable bonds is 3. The molecule has 0 saturated heterocycles. The van der Waals surface area contributed by atoms with Crippen molar-refractivity contribution in [3.8, 4) is 0 Å². The molecule has 92 valence electrons. The number of hydrogen-bond donors (Lipinski definition) is 1. The van der Waals surface area contributed by atoms with Gasteiger partial charge in [-0.1, -0.05) is 22.9 Å². The molecule has 0 amide bonds. The third-order valence-corrected chi connectivity index (χ3v) is 2.68. The first-order valence-electron chi connectivity index (χ1n) is 5.61. The first-order valence-corrected chi connectivity index (χ1v) is 5.61. The molecule has 17 heavy (non-hydrogen) atoms. The minimum Gasteiger partial charge on any atom is -0.411 e. The van der Waals surface area contributed by atoms with Crippen LogP contribution in [0.4, 0.5) is 5.69 Å². The first kappa shape index (κ1) is 13.3. The van der Waals surface area contributed by atoms with Gasteiger partial charge in [0.2, 0.25) is 0 Å². The van der Waals surface area contributed by atoms with E-state index in [9.17, 15) is 0 Å². The van der Waals surface area contributed by atoms with Crippen LogP contribution in [0.25, 0.3) is 5.57 Å². The van der Waals surface area contributed by atoms with Gasteiger partial charge in [-0.2, -0.15) is 0 Å². The van der Waals surface area contributed by atoms with Crippen LogP contribution in [0.3, 0.4) is 0 Å². The lowest BCUT2D eigenvalue weighted by atomic mass is 9.97. The highest BCUT2D eigenvalue weighted by atomic mass is 16.4. The Morgan fingerprint density at radius 2 is 1.59 bits per heavy atom. The molecule has 0 aliphatic heterocycles. The molecule has 0 aliphatic rings. The second kappa shape index (κ2) is 5.53. The van der Waals surface area contributed by atoms with Crippen molar-refractivity contribution in [2.75, 3.05) is 19.0 Å². The summed E-state index contributed by atoms with van der Waals surface area (Å²) in [6, 6.07) is 8.21. The normalized spacial score (nSPS) is 11.2. The van der Waals surface area contributed by atoms with Crippen LogP contribution in [0.5, 0.6) is 0 Å². The highest BCUT2D eigenvalue weighted by Crippen LogP contribution is 2.23. The second-order valence-corrected chi connectivity index (χ2v) is 4.50. The van der Waals surface area contributed by atoms with Crippen LogP contribution in [0.1, 0.15) is 26.3 Å². The summed E-state index contributed by atoms with van der Waals surface area (Å²) in [5, 5.41) is 12.2. The van der Waals surface area contributed by atoms with Crippen molar-refractivity contribution < 1.29 is 5.21 Å². The fraction of sp³-hybridized carbons (Fsp3) is 0.357. The molecule has 0 aliphatic carbocycles. The third kappa shape index (κ3) is 3.09. The van der Waals surface area contributed by atoms with E-state index in [4.69, 9.17) is 5.21 Å². The molecule has 0 spiro atoms. The van der Waals surface area contributed by atoms with Crippen LogP contribution < -0.4 is 4.90 Å². The zero-order valence-electron chi connectivity index (χ0n) is 11.2. The summed E-state index contributed by atoms with van der Waals surface area (Å²) in [6.07, 6.45) is 0. The van der Waals surface area contributed by atoms with E-state index in [2.05, 4.69) is 22.2 Å². The third-order valence-electron chi connectivity index (χ3n) is 2.68. The minimum atomic E-state index is 0.641. The van der Waals surface area contributed by atoms with Gasteiger partial charge in [-0.05, 0) is 38.5 Å². The number of anilines is 1. The smallest absolute Gasteiger partial charge is 0.0842 e. The van der Waals surface area contributed by atoms with Gasteiger partial charge in [-0.25, -0.2) is 0 Å². The maximum absolute atomic E-state index is 8.90. The van der Waals surface area contributed by atoms with E-state index < -0.39 is 0 Å². The average Bonchev–Trinajstić information content (AvgIpc) is 2.29. The number of allylic oxidation sites excluding steroid dienone is 2. The largest absolute Gasteiger partial charge is 0.411 e. The molecular weight excluding hydrogens is 212 g/mol. The Labute approximate surface area is 103 Å². The van der Waals surface area contributed by atoms with E-state index in [0.717, 1.165) is 22.4 Å². The highest BCUT2D eigenvalue weighted by molar-refractivity contribution is 6.23. The van der Waals surface area contributed by atoms with E-state index in [1.807, 2.05) is 47.0 Å². The van der Waals surface area contributed by atoms with Crippen LogP contribution >= 0.6 is 0 Å². The van der Waals surface area contributed by atoms with E-state index >= 15 is 0 Å². The first-order chi connectivity index (χ1) is 7.97. The summed E-state index contributed by atoms with van der Waals surface area (Å²) in [5.41, 5.74) is 5.00. The predicted octanol–water partition coefficient (Wildman–Crippen LogP) is 3.40. The maximum Gasteiger partial charge on any atom is 0.0842 e. The number of benzene rings is 1. The van der Waals surface area contributed by atoms with Crippen LogP contribution in [0.15, 0.2) is 35.0 Å². The van der Waals surface area contributed by atoms with Crippen molar-refractivity contribution in [2.45, 2.75) is 20.8 Å². The zero-order valence-corrected chi connectivity index (χ0v) is 11.2. The van der Waals surface area contributed by atoms with Gasteiger partial charge >= 0.3 is 0 Å². The van der Waals surface area contributed by atoms with Crippen molar-refractivity contribution >= 4 is 17.0 Å². The van der Waals surface area contributed by atoms with E-state index in [1.54, 1.807) is 0 Å². The molecule has 0 saturated carbocycles. The van der Waals surface area contributed by atoms with Gasteiger partial charge in [0.05, 0.1) is 5.71 Å². The van der Waals surface area contributed by atoms with E-state index in [0.29, 0.717) is 5.71 Å². The predicted molar refractivity (Wildman–Crippen MR) is 73.9 cm³/mol. The number of hydrogen-bond acceptors (Lipinski definition) is 3. The molecule has 0 bridgehead atoms. The fourth-order valence-electron chi connectivity index (χ4n) is 1.84. The molecule has 1 N–H and O–H groups in total. The Balaban J connectivity index is 3.19. The summed E-state index contributed by atoms with van der Waals surface area (Å²) in [4.78, 5) is 2.05. The van der Waals surface area contributed by atoms with Crippen molar-refractivity contribution in [3.63, 3.8) is 0 Å². The lowest BCUT2D eigenvalue weighted by Crippen LogP contribution is -2.08. The number of nitrogens with zero attached hydrogens (tertiary/aromatic N) is 2. The lowest BCUT2D eigenvalue weighted by molar-refractivity contribution is 0.319. The van der Waals surface area contributed by atoms with E-state index in [1.165, 1.54) is 0 Å². The molecular formula is C14H20N2O. The molecule has 0 unspecified atom stereocenters. The summed E-state index contributed by atoms with van der Waals surface area (Å²) >= 11 is 0. The molecule has 0 atom stereocenters. The molecule has 1 aromatic carbocycles. The Morgan fingerprint density at radius 1 is 1.06 bits per heavy atom. The second-order valence-electron chi connectivity index (χ2n) is 4.50. The van der Waals surface area contributed by atoms with Gasteiger partial charge in [-0.15, -0.1) is 0 Å². The Morgan fingerprint density at radius 3 is 1.94 bits per heavy atom. The van der Waals surface area contributed by atoms with Crippen molar-refractivity contribution in [3.05, 3.63) is 35.4 Å². The molecule has 3 nitrogen and oxygen atoms in total. The van der Waals surface area contributed by atoms with Crippen molar-refractivity contribution in [1.82, 2.24) is 0 Å². The molecule has 3 heteroatoms. The van der Waals surface area contributed by atoms with Gasteiger partial charge in [0.25, 0.3) is 0 Å². The summed E-state index contributed by atoms with van der Waals surface area (Å²) in [6.45, 7) is 5.84. The molecule has 0 fully saturated rings. The molecule has 1 rings (SSSR count). The van der Waals surface area contributed by atoms with Crippen LogP contribution in [0.2, 0.25) is 0 Å². The standard InChI is InChI=1S/C14H20N2O/c1-10(2)14(11(3)15-17)12-6-8-13(9-7-12)16(4)5/h6-9,17H,1-5H3. The lowest BCUT2D eigenvalue weighted by Gasteiger charge is -2.14. The molecule has 1 aromatic rings. The van der Waals surface area contributed by atoms with Crippen LogP contribution in [-0.2, 0) is 0 Å². The van der Waals surface area contributed by atoms with Crippen LogP contribution in [0, 0.1) is 0 Å². The SMILES string of the molecule is CC(=NO)C(=C(C)C)c1ccc(N(C)C)cc1. The molecule has 0 aromatic heterocycles. The topological polar surface area (TPSA) is 35.8 Å². The van der Waals surface area contributed by atoms with Gasteiger partial charge in [0.1, 0.15) is 0 Å². The monoisotopic (exact) mass is 232 g/mol. The fourth-order valence-corrected chi connectivity index (χ4v) is 1.84. The summed E-state index contributed by atoms with van der Waals surface area (Å²) in [5.74, 6) is 0. The van der Waals surface area contributed by atoms with E-state index in [-0.39, 0.29) is 0 Å². The molecule has 0 radical (unpaired) electrons. The van der Waals surface area contributed by atoms with Gasteiger partial charge < -0.3 is 10.1 Å². The quantitative estimate of drug-likeness (QED) is 0.492. The average molecular weight is 232 g/mol. The van der Waals surface area contributed by atoms with Crippen LogP contribution in [-0.4, -0.2) is 25.0 Å². The van der Waals surface area contributed by atoms with Gasteiger partial charge in [0.15, 0.2) is 0 Å². The highest BCUT2D eigenvalue weighted by Gasteiger charge is 2.08. The number of oxime groups is 1. The zero-order chi connectivity index (χ0) is 13.0. The Kier molecular flexibility index (Phi) is 4.32. The Hall–Kier alpha value is -1.77. The minimum absolute atomic E-state index is 0.641. The summed E-state index contributed by atoms with van der Waals surface area (Å²) < 4.78 is 0. The van der Waals surface area contributed by atoms with Gasteiger partial charge in [-0.3, -0.25) is 0 Å². The summed E-state index contributed by atoms with van der Waals surface area (Å²) in [7, 11) is 4.02. The van der Waals surface area contributed by atoms with Gasteiger partial charge in [0, 0.05) is 25.4 Å². The Bertz CT molecular complexity index is 438.